The Morgan fingerprint density at radius 2 is 1.09 bits per heavy atom. The fourth-order valence-electron chi connectivity index (χ4n) is 0.202. The van der Waals surface area contributed by atoms with Gasteiger partial charge in [-0.05, 0) is 0 Å². The second kappa shape index (κ2) is 16.1. The fourth-order valence-corrected chi connectivity index (χ4v) is 0.202. The first-order valence-corrected chi connectivity index (χ1v) is 2.82. The van der Waals surface area contributed by atoms with Gasteiger partial charge in [-0.3, -0.25) is 9.59 Å². The van der Waals surface area contributed by atoms with E-state index in [1.54, 1.807) is 0 Å². The SMILES string of the molecule is CC(=O)OC(C)=O.O=S.O=S. The van der Waals surface area contributed by atoms with Crippen molar-refractivity contribution in [3.8, 4) is 0 Å². The van der Waals surface area contributed by atoms with Gasteiger partial charge in [-0.2, -0.15) is 8.42 Å². The molecule has 0 spiro atoms. The first-order chi connectivity index (χ1) is 5.13. The van der Waals surface area contributed by atoms with Crippen LogP contribution in [0.25, 0.3) is 0 Å². The zero-order valence-electron chi connectivity index (χ0n) is 5.86. The van der Waals surface area contributed by atoms with Crippen molar-refractivity contribution in [2.75, 3.05) is 0 Å². The van der Waals surface area contributed by atoms with Crippen molar-refractivity contribution in [1.29, 1.82) is 0 Å². The van der Waals surface area contributed by atoms with Crippen LogP contribution in [0.2, 0.25) is 0 Å². The topological polar surface area (TPSA) is 77.5 Å². The molecule has 0 saturated heterocycles. The molecule has 0 aromatic rings. The standard InChI is InChI=1S/C4H6O3.2OS/c1-3(5)7-4(2)6;2*1-2/h1-2H3;;. The van der Waals surface area contributed by atoms with E-state index in [9.17, 15) is 9.59 Å². The molecule has 0 radical (unpaired) electrons. The highest BCUT2D eigenvalue weighted by molar-refractivity contribution is 7.44. The molecular formula is C4H6O5S2. The van der Waals surface area contributed by atoms with E-state index in [4.69, 9.17) is 8.42 Å². The summed E-state index contributed by atoms with van der Waals surface area (Å²) in [6.45, 7) is 2.36. The number of carbonyl (C=O) groups excluding carboxylic acids is 2. The molecule has 0 aliphatic carbocycles. The third kappa shape index (κ3) is 46.8. The molecule has 0 bridgehead atoms. The lowest BCUT2D eigenvalue weighted by atomic mass is 10.7. The van der Waals surface area contributed by atoms with Crippen molar-refractivity contribution in [3.63, 3.8) is 0 Å². The van der Waals surface area contributed by atoms with Crippen LogP contribution in [0.5, 0.6) is 0 Å². The van der Waals surface area contributed by atoms with Gasteiger partial charge in [-0.1, -0.05) is 0 Å². The second-order valence-electron chi connectivity index (χ2n) is 1.09. The summed E-state index contributed by atoms with van der Waals surface area (Å²) in [6, 6.07) is 0. The fraction of sp³-hybridized carbons (Fsp3) is 0.500. The van der Waals surface area contributed by atoms with E-state index in [2.05, 4.69) is 29.8 Å². The first kappa shape index (κ1) is 16.6. The molecule has 0 unspecified atom stereocenters. The number of hydrogen-bond acceptors (Lipinski definition) is 7. The molecule has 11 heavy (non-hydrogen) atoms. The highest BCUT2D eigenvalue weighted by Crippen LogP contribution is 1.73. The molecule has 7 heteroatoms. The van der Waals surface area contributed by atoms with E-state index in [0.29, 0.717) is 0 Å². The monoisotopic (exact) mass is 198 g/mol. The molecule has 0 aromatic carbocycles. The molecule has 0 atom stereocenters. The average Bonchev–Trinajstić information content (AvgIpc) is 1.93. The predicted octanol–water partition coefficient (Wildman–Crippen LogP) is -0.577. The maximum Gasteiger partial charge on any atom is 0.310 e. The normalized spacial score (nSPS) is 5.64. The van der Waals surface area contributed by atoms with Crippen molar-refractivity contribution in [2.24, 2.45) is 0 Å². The minimum Gasteiger partial charge on any atom is -0.394 e. The molecule has 0 rings (SSSR count). The van der Waals surface area contributed by atoms with Crippen LogP contribution in [-0.4, -0.2) is 20.4 Å². The third-order valence-corrected chi connectivity index (χ3v) is 0.287. The molecule has 0 aromatic heterocycles. The van der Waals surface area contributed by atoms with E-state index < -0.39 is 11.9 Å². The largest absolute Gasteiger partial charge is 0.394 e. The second-order valence-corrected chi connectivity index (χ2v) is 1.09. The Hall–Kier alpha value is -0.820. The van der Waals surface area contributed by atoms with Gasteiger partial charge >= 0.3 is 11.9 Å². The van der Waals surface area contributed by atoms with E-state index >= 15 is 0 Å². The van der Waals surface area contributed by atoms with Crippen molar-refractivity contribution >= 4 is 37.0 Å². The van der Waals surface area contributed by atoms with Gasteiger partial charge in [-0.25, -0.2) is 0 Å². The van der Waals surface area contributed by atoms with Gasteiger partial charge in [0.25, 0.3) is 0 Å². The van der Waals surface area contributed by atoms with Crippen LogP contribution in [-0.2, 0) is 39.4 Å². The molecule has 0 heterocycles. The number of rotatable bonds is 0. The molecule has 0 aliphatic heterocycles. The number of esters is 2. The Kier molecular flexibility index (Phi) is 24.3. The van der Waals surface area contributed by atoms with Crippen LogP contribution in [0, 0.1) is 0 Å². The quantitative estimate of drug-likeness (QED) is 0.380. The highest BCUT2D eigenvalue weighted by atomic mass is 32.1. The van der Waals surface area contributed by atoms with E-state index in [1.165, 1.54) is 13.8 Å². The minimum atomic E-state index is -0.562. The number of carbonyl (C=O) groups is 2. The lowest BCUT2D eigenvalue weighted by molar-refractivity contribution is -0.156. The van der Waals surface area contributed by atoms with Gasteiger partial charge in [-0.15, -0.1) is 0 Å². The van der Waals surface area contributed by atoms with Crippen molar-refractivity contribution in [1.82, 2.24) is 0 Å². The van der Waals surface area contributed by atoms with Gasteiger partial charge in [0.2, 0.25) is 0 Å². The Morgan fingerprint density at radius 1 is 0.909 bits per heavy atom. The van der Waals surface area contributed by atoms with Gasteiger partial charge in [0.15, 0.2) is 25.1 Å². The summed E-state index contributed by atoms with van der Waals surface area (Å²) in [4.78, 5) is 19.6. The summed E-state index contributed by atoms with van der Waals surface area (Å²) in [7, 11) is 0. The first-order valence-electron chi connectivity index (χ1n) is 2.15. The summed E-state index contributed by atoms with van der Waals surface area (Å²) in [5.74, 6) is -1.12. The van der Waals surface area contributed by atoms with Crippen molar-refractivity contribution in [2.45, 2.75) is 13.8 Å². The maximum atomic E-state index is 9.81. The van der Waals surface area contributed by atoms with Gasteiger partial charge in [0.05, 0.1) is 0 Å². The number of ether oxygens (including phenoxy) is 1. The lowest BCUT2D eigenvalue weighted by Crippen LogP contribution is -2.03. The van der Waals surface area contributed by atoms with Crippen LogP contribution in [0.4, 0.5) is 0 Å². The van der Waals surface area contributed by atoms with E-state index in [-0.39, 0.29) is 0 Å². The van der Waals surface area contributed by atoms with Gasteiger partial charge in [0, 0.05) is 13.8 Å². The highest BCUT2D eigenvalue weighted by Gasteiger charge is 1.93. The van der Waals surface area contributed by atoms with Gasteiger partial charge in [0.1, 0.15) is 0 Å². The summed E-state index contributed by atoms with van der Waals surface area (Å²) in [5.41, 5.74) is 0. The summed E-state index contributed by atoms with van der Waals surface area (Å²) in [5, 5.41) is 0. The predicted molar refractivity (Wildman–Crippen MR) is 38.7 cm³/mol. The zero-order valence-corrected chi connectivity index (χ0v) is 7.49. The molecular weight excluding hydrogens is 192 g/mol. The number of hydrogen-bond donors (Lipinski definition) is 0. The Bertz CT molecular complexity index is 112. The molecule has 0 amide bonds. The van der Waals surface area contributed by atoms with E-state index in [0.717, 1.165) is 0 Å². The molecule has 0 saturated carbocycles. The van der Waals surface area contributed by atoms with Gasteiger partial charge < -0.3 is 4.74 Å². The smallest absolute Gasteiger partial charge is 0.310 e. The Labute approximate surface area is 74.2 Å². The van der Waals surface area contributed by atoms with Crippen LogP contribution in [0.15, 0.2) is 0 Å². The Balaban J connectivity index is -0.000000138. The molecule has 0 N–H and O–H groups in total. The molecule has 5 nitrogen and oxygen atoms in total. The van der Waals surface area contributed by atoms with E-state index in [1.807, 2.05) is 0 Å². The molecule has 0 fully saturated rings. The summed E-state index contributed by atoms with van der Waals surface area (Å²) >= 11 is 5.67. The molecule has 64 valence electrons. The van der Waals surface area contributed by atoms with Crippen molar-refractivity contribution < 1.29 is 22.7 Å². The summed E-state index contributed by atoms with van der Waals surface area (Å²) < 4.78 is 19.6. The molecule has 0 aliphatic rings. The van der Waals surface area contributed by atoms with Crippen LogP contribution in [0.1, 0.15) is 13.8 Å². The third-order valence-electron chi connectivity index (χ3n) is 0.287. The van der Waals surface area contributed by atoms with Crippen LogP contribution in [0.3, 0.4) is 0 Å². The maximum absolute atomic E-state index is 9.81. The lowest BCUT2D eigenvalue weighted by Gasteiger charge is -1.87. The average molecular weight is 198 g/mol. The minimum absolute atomic E-state index is 0.562. The van der Waals surface area contributed by atoms with Crippen LogP contribution >= 0.6 is 0 Å². The Morgan fingerprint density at radius 3 is 1.09 bits per heavy atom. The summed E-state index contributed by atoms with van der Waals surface area (Å²) in [6.07, 6.45) is 0. The van der Waals surface area contributed by atoms with Crippen LogP contribution < -0.4 is 0 Å². The van der Waals surface area contributed by atoms with Crippen molar-refractivity contribution in [3.05, 3.63) is 0 Å². The zero-order chi connectivity index (χ0) is 9.86.